The van der Waals surface area contributed by atoms with Gasteiger partial charge in [-0.3, -0.25) is 4.55 Å². The topological polar surface area (TPSA) is 74.6 Å². The van der Waals surface area contributed by atoms with Gasteiger partial charge in [0, 0.05) is 5.38 Å². The molecule has 1 fully saturated rings. The van der Waals surface area contributed by atoms with E-state index in [9.17, 15) is 13.5 Å². The first-order valence-electron chi connectivity index (χ1n) is 7.20. The zero-order chi connectivity index (χ0) is 17.6. The minimum absolute atomic E-state index is 0.295. The molecule has 0 heterocycles. The highest BCUT2D eigenvalue weighted by molar-refractivity contribution is 7.85. The summed E-state index contributed by atoms with van der Waals surface area (Å²) in [5.41, 5.74) is 2.05. The Labute approximate surface area is 152 Å². The van der Waals surface area contributed by atoms with E-state index in [-0.39, 0.29) is 0 Å². The van der Waals surface area contributed by atoms with Gasteiger partial charge < -0.3 is 5.11 Å². The fraction of sp³-hybridized carbons (Fsp3) is 0.600. The Morgan fingerprint density at radius 3 is 2.13 bits per heavy atom. The third kappa shape index (κ3) is 8.57. The van der Waals surface area contributed by atoms with E-state index in [2.05, 4.69) is 0 Å². The van der Waals surface area contributed by atoms with Gasteiger partial charge in [-0.25, -0.2) is 0 Å². The van der Waals surface area contributed by atoms with Gasteiger partial charge in [0.2, 0.25) is 0 Å². The lowest BCUT2D eigenvalue weighted by Crippen LogP contribution is -2.14. The maximum atomic E-state index is 9.76. The van der Waals surface area contributed by atoms with E-state index in [0.717, 1.165) is 18.4 Å². The van der Waals surface area contributed by atoms with E-state index in [0.29, 0.717) is 17.6 Å². The highest BCUT2D eigenvalue weighted by Crippen LogP contribution is 2.35. The lowest BCUT2D eigenvalue weighted by Gasteiger charge is -2.26. The summed E-state index contributed by atoms with van der Waals surface area (Å²) in [6.45, 7) is 0. The molecule has 1 saturated carbocycles. The van der Waals surface area contributed by atoms with Crippen LogP contribution in [0.3, 0.4) is 0 Å². The van der Waals surface area contributed by atoms with Crippen molar-refractivity contribution in [3.63, 3.8) is 0 Å². The van der Waals surface area contributed by atoms with Crippen LogP contribution in [0.25, 0.3) is 0 Å². The van der Waals surface area contributed by atoms with E-state index in [1.807, 2.05) is 24.3 Å². The summed E-state index contributed by atoms with van der Waals surface area (Å²) in [6.07, 6.45) is 4.43. The van der Waals surface area contributed by atoms with Crippen molar-refractivity contribution in [2.24, 2.45) is 0 Å². The molecule has 8 heteroatoms. The molecule has 0 bridgehead atoms. The zero-order valence-electron chi connectivity index (χ0n) is 12.7. The second-order valence-electron chi connectivity index (χ2n) is 5.64. The molecule has 0 aliphatic heterocycles. The average molecular weight is 404 g/mol. The number of hydrogen-bond acceptors (Lipinski definition) is 3. The van der Waals surface area contributed by atoms with Crippen LogP contribution in [0.2, 0.25) is 0 Å². The van der Waals surface area contributed by atoms with Crippen molar-refractivity contribution in [3.8, 4) is 0 Å². The standard InChI is InChI=1S/C14H17Cl3O.CH4O3S/c15-12-3-1-2-11(8-12)9-4-6-10(7-5-9)13(18)14(16)17;1-5(2,3)4/h4-7,11-14,18H,1-3,8H2;1H3,(H,2,3,4). The van der Waals surface area contributed by atoms with Gasteiger partial charge in [0.05, 0.1) is 6.26 Å². The lowest BCUT2D eigenvalue weighted by molar-refractivity contribution is 0.193. The molecule has 3 atom stereocenters. The van der Waals surface area contributed by atoms with Crippen LogP contribution >= 0.6 is 34.8 Å². The van der Waals surface area contributed by atoms with E-state index in [4.69, 9.17) is 39.4 Å². The molecule has 1 aromatic carbocycles. The summed E-state index contributed by atoms with van der Waals surface area (Å²) in [7, 11) is -3.67. The van der Waals surface area contributed by atoms with E-state index in [1.54, 1.807) is 0 Å². The molecule has 2 N–H and O–H groups in total. The predicted molar refractivity (Wildman–Crippen MR) is 95.2 cm³/mol. The summed E-state index contributed by atoms with van der Waals surface area (Å²) in [6, 6.07) is 7.90. The third-order valence-corrected chi connectivity index (χ3v) is 4.47. The highest BCUT2D eigenvalue weighted by Gasteiger charge is 2.22. The van der Waals surface area contributed by atoms with Gasteiger partial charge >= 0.3 is 0 Å². The van der Waals surface area contributed by atoms with Gasteiger partial charge in [0.1, 0.15) is 10.9 Å². The highest BCUT2D eigenvalue weighted by atomic mass is 35.5. The summed E-state index contributed by atoms with van der Waals surface area (Å²) in [4.78, 5) is -0.794. The lowest BCUT2D eigenvalue weighted by atomic mass is 9.83. The van der Waals surface area contributed by atoms with Crippen LogP contribution in [0.5, 0.6) is 0 Å². The Bertz CT molecular complexity index is 567. The summed E-state index contributed by atoms with van der Waals surface area (Å²) < 4.78 is 25.9. The van der Waals surface area contributed by atoms with Crippen LogP contribution < -0.4 is 0 Å². The van der Waals surface area contributed by atoms with Gasteiger partial charge in [0.25, 0.3) is 10.1 Å². The van der Waals surface area contributed by atoms with Crippen LogP contribution in [-0.4, -0.2) is 34.5 Å². The van der Waals surface area contributed by atoms with Gasteiger partial charge in [-0.15, -0.1) is 34.8 Å². The van der Waals surface area contributed by atoms with Crippen molar-refractivity contribution in [2.75, 3.05) is 6.26 Å². The summed E-state index contributed by atoms with van der Waals surface area (Å²) in [5.74, 6) is 0.537. The number of rotatable bonds is 3. The Hall–Kier alpha value is -0.0400. The summed E-state index contributed by atoms with van der Waals surface area (Å²) >= 11 is 17.5. The van der Waals surface area contributed by atoms with Crippen molar-refractivity contribution < 1.29 is 18.1 Å². The van der Waals surface area contributed by atoms with E-state index >= 15 is 0 Å². The zero-order valence-corrected chi connectivity index (χ0v) is 15.8. The van der Waals surface area contributed by atoms with Gasteiger partial charge in [-0.2, -0.15) is 8.42 Å². The van der Waals surface area contributed by atoms with Crippen molar-refractivity contribution in [1.29, 1.82) is 0 Å². The average Bonchev–Trinajstić information content (AvgIpc) is 2.45. The number of hydrogen-bond donors (Lipinski definition) is 2. The quantitative estimate of drug-likeness (QED) is 0.583. The van der Waals surface area contributed by atoms with Crippen LogP contribution in [-0.2, 0) is 10.1 Å². The summed E-state index contributed by atoms with van der Waals surface area (Å²) in [5, 5.41) is 10.1. The minimum atomic E-state index is -3.67. The molecule has 0 saturated heterocycles. The van der Waals surface area contributed by atoms with Crippen LogP contribution in [0.15, 0.2) is 24.3 Å². The monoisotopic (exact) mass is 402 g/mol. The third-order valence-electron chi connectivity index (χ3n) is 3.60. The normalized spacial score (nSPS) is 23.1. The number of halogens is 3. The first kappa shape index (κ1) is 21.0. The molecule has 23 heavy (non-hydrogen) atoms. The molecule has 1 aromatic rings. The molecule has 0 aromatic heterocycles. The van der Waals surface area contributed by atoms with Crippen molar-refractivity contribution in [2.45, 2.75) is 47.9 Å². The molecule has 0 amide bonds. The van der Waals surface area contributed by atoms with E-state index in [1.165, 1.54) is 18.4 Å². The molecular formula is C15H21Cl3O4S. The Balaban J connectivity index is 0.000000463. The fourth-order valence-corrected chi connectivity index (χ4v) is 3.20. The fourth-order valence-electron chi connectivity index (χ4n) is 2.54. The van der Waals surface area contributed by atoms with Crippen LogP contribution in [0, 0.1) is 0 Å². The first-order valence-corrected chi connectivity index (χ1v) is 10.4. The van der Waals surface area contributed by atoms with Gasteiger partial charge in [-0.05, 0) is 36.3 Å². The van der Waals surface area contributed by atoms with Crippen molar-refractivity contribution in [1.82, 2.24) is 0 Å². The van der Waals surface area contributed by atoms with Gasteiger partial charge in [0.15, 0.2) is 0 Å². The minimum Gasteiger partial charge on any atom is -0.386 e. The molecular weight excluding hydrogens is 383 g/mol. The van der Waals surface area contributed by atoms with Gasteiger partial charge in [-0.1, -0.05) is 30.7 Å². The number of alkyl halides is 3. The maximum Gasteiger partial charge on any atom is 0.261 e. The predicted octanol–water partition coefficient (Wildman–Crippen LogP) is 4.29. The van der Waals surface area contributed by atoms with Crippen molar-refractivity contribution in [3.05, 3.63) is 35.4 Å². The smallest absolute Gasteiger partial charge is 0.261 e. The second-order valence-corrected chi connectivity index (χ2v) is 8.89. The molecule has 1 aliphatic carbocycles. The number of aliphatic hydroxyl groups excluding tert-OH is 1. The van der Waals surface area contributed by atoms with Crippen LogP contribution in [0.1, 0.15) is 48.8 Å². The molecule has 2 rings (SSSR count). The molecule has 4 nitrogen and oxygen atoms in total. The SMILES string of the molecule is CS(=O)(=O)O.OC(c1ccc(C2CCCC(Cl)C2)cc1)C(Cl)Cl. The Morgan fingerprint density at radius 2 is 1.70 bits per heavy atom. The first-order chi connectivity index (χ1) is 10.6. The molecule has 0 radical (unpaired) electrons. The largest absolute Gasteiger partial charge is 0.386 e. The maximum absolute atomic E-state index is 9.76. The van der Waals surface area contributed by atoms with Crippen LogP contribution in [0.4, 0.5) is 0 Å². The van der Waals surface area contributed by atoms with E-state index < -0.39 is 21.1 Å². The molecule has 132 valence electrons. The second kappa shape index (κ2) is 9.44. The number of aliphatic hydroxyl groups is 1. The Kier molecular flexibility index (Phi) is 8.63. The molecule has 0 spiro atoms. The van der Waals surface area contributed by atoms with Crippen molar-refractivity contribution >= 4 is 44.9 Å². The molecule has 1 aliphatic rings. The molecule has 3 unspecified atom stereocenters. The Morgan fingerprint density at radius 1 is 1.17 bits per heavy atom. The number of benzene rings is 1.